The summed E-state index contributed by atoms with van der Waals surface area (Å²) in [6.45, 7) is 11.3. The van der Waals surface area contributed by atoms with E-state index >= 15 is 0 Å². The van der Waals surface area contributed by atoms with Crippen LogP contribution in [-0.2, 0) is 0 Å². The van der Waals surface area contributed by atoms with E-state index in [1.807, 2.05) is 0 Å². The molecule has 4 fully saturated rings. The van der Waals surface area contributed by atoms with Gasteiger partial charge in [-0.2, -0.15) is 0 Å². The maximum absolute atomic E-state index is 9.97. The van der Waals surface area contributed by atoms with Crippen LogP contribution in [0.4, 0.5) is 0 Å². The van der Waals surface area contributed by atoms with Crippen molar-refractivity contribution < 1.29 is 5.11 Å². The van der Waals surface area contributed by atoms with Crippen molar-refractivity contribution in [1.82, 2.24) is 0 Å². The van der Waals surface area contributed by atoms with Gasteiger partial charge in [-0.25, -0.2) is 0 Å². The lowest BCUT2D eigenvalue weighted by molar-refractivity contribution is -0.211. The van der Waals surface area contributed by atoms with Crippen LogP contribution in [0.3, 0.4) is 0 Å². The second kappa shape index (κ2) is 3.13. The first-order valence-corrected chi connectivity index (χ1v) is 6.83. The molecule has 0 aromatic rings. The van der Waals surface area contributed by atoms with E-state index in [0.29, 0.717) is 11.3 Å². The Kier molecular flexibility index (Phi) is 2.12. The van der Waals surface area contributed by atoms with Gasteiger partial charge in [-0.05, 0) is 59.8 Å². The minimum Gasteiger partial charge on any atom is -0.389 e. The molecule has 16 heavy (non-hydrogen) atoms. The van der Waals surface area contributed by atoms with Crippen LogP contribution in [0.15, 0.2) is 12.2 Å². The van der Waals surface area contributed by atoms with Crippen molar-refractivity contribution in [3.63, 3.8) is 0 Å². The van der Waals surface area contributed by atoms with Gasteiger partial charge in [-0.1, -0.05) is 27.4 Å². The molecule has 4 saturated carbocycles. The smallest absolute Gasteiger partial charge is 0.0753 e. The molecule has 0 aromatic heterocycles. The molecule has 90 valence electrons. The molecule has 1 heteroatoms. The van der Waals surface area contributed by atoms with Crippen LogP contribution in [0.1, 0.15) is 40.0 Å². The minimum absolute atomic E-state index is 0.203. The van der Waals surface area contributed by atoms with Crippen LogP contribution < -0.4 is 0 Å². The van der Waals surface area contributed by atoms with Gasteiger partial charge in [-0.3, -0.25) is 0 Å². The molecule has 4 rings (SSSR count). The first-order chi connectivity index (χ1) is 7.47. The highest BCUT2D eigenvalue weighted by Gasteiger charge is 2.67. The number of hydrogen-bond donors (Lipinski definition) is 1. The lowest BCUT2D eigenvalue weighted by atomic mass is 9.33. The van der Waals surface area contributed by atoms with Crippen molar-refractivity contribution in [3.8, 4) is 0 Å². The third-order valence-electron chi connectivity index (χ3n) is 6.08. The van der Waals surface area contributed by atoms with Crippen LogP contribution >= 0.6 is 0 Å². The third-order valence-corrected chi connectivity index (χ3v) is 6.08. The van der Waals surface area contributed by atoms with Crippen molar-refractivity contribution in [2.24, 2.45) is 35.0 Å². The van der Waals surface area contributed by atoms with E-state index in [4.69, 9.17) is 0 Å². The molecule has 1 N–H and O–H groups in total. The topological polar surface area (TPSA) is 20.2 Å². The van der Waals surface area contributed by atoms with E-state index in [1.165, 1.54) is 12.8 Å². The summed E-state index contributed by atoms with van der Waals surface area (Å²) in [5.74, 6) is 3.92. The molecule has 3 unspecified atom stereocenters. The number of rotatable bonds is 1. The molecule has 0 saturated heterocycles. The molecular weight excluding hydrogens is 196 g/mol. The van der Waals surface area contributed by atoms with E-state index in [2.05, 4.69) is 27.4 Å². The van der Waals surface area contributed by atoms with Crippen molar-refractivity contribution in [1.29, 1.82) is 0 Å². The molecule has 0 amide bonds. The van der Waals surface area contributed by atoms with Crippen LogP contribution in [0.25, 0.3) is 0 Å². The Labute approximate surface area is 98.9 Å². The molecule has 4 aliphatic rings. The maximum Gasteiger partial charge on any atom is 0.0753 e. The SMILES string of the molecule is C=C1[C@H](O)CC2C3C(C(C)C)CC[C@]2(C)[C@@H]13. The summed E-state index contributed by atoms with van der Waals surface area (Å²) in [4.78, 5) is 0. The Morgan fingerprint density at radius 3 is 2.69 bits per heavy atom. The molecule has 0 radical (unpaired) electrons. The van der Waals surface area contributed by atoms with Crippen molar-refractivity contribution in [2.45, 2.75) is 46.1 Å². The van der Waals surface area contributed by atoms with Crippen LogP contribution in [0.2, 0.25) is 0 Å². The quantitative estimate of drug-likeness (QED) is 0.673. The van der Waals surface area contributed by atoms with E-state index in [0.717, 1.165) is 35.7 Å². The predicted octanol–water partition coefficient (Wildman–Crippen LogP) is 3.24. The fraction of sp³-hybridized carbons (Fsp3) is 0.867. The van der Waals surface area contributed by atoms with Gasteiger partial charge in [0.2, 0.25) is 0 Å². The highest BCUT2D eigenvalue weighted by Crippen LogP contribution is 2.72. The highest BCUT2D eigenvalue weighted by atomic mass is 16.3. The summed E-state index contributed by atoms with van der Waals surface area (Å²) in [7, 11) is 0. The Morgan fingerprint density at radius 2 is 2.12 bits per heavy atom. The molecule has 0 aromatic carbocycles. The molecule has 4 bridgehead atoms. The average Bonchev–Trinajstić information content (AvgIpc) is 2.22. The van der Waals surface area contributed by atoms with Gasteiger partial charge >= 0.3 is 0 Å². The third kappa shape index (κ3) is 1.06. The van der Waals surface area contributed by atoms with E-state index in [9.17, 15) is 5.11 Å². The number of aliphatic hydroxyl groups is 1. The molecule has 0 spiro atoms. The summed E-state index contributed by atoms with van der Waals surface area (Å²) in [6.07, 6.45) is 3.53. The van der Waals surface area contributed by atoms with Crippen LogP contribution in [0, 0.1) is 35.0 Å². The largest absolute Gasteiger partial charge is 0.389 e. The lowest BCUT2D eigenvalue weighted by Crippen LogP contribution is -2.67. The molecule has 0 aliphatic heterocycles. The Bertz CT molecular complexity index is 332. The summed E-state index contributed by atoms with van der Waals surface area (Å²) < 4.78 is 0. The van der Waals surface area contributed by atoms with Crippen molar-refractivity contribution >= 4 is 0 Å². The highest BCUT2D eigenvalue weighted by molar-refractivity contribution is 5.29. The molecule has 6 atom stereocenters. The van der Waals surface area contributed by atoms with Crippen molar-refractivity contribution in [2.75, 3.05) is 0 Å². The monoisotopic (exact) mass is 220 g/mol. The molecule has 4 aliphatic carbocycles. The fourth-order valence-electron chi connectivity index (χ4n) is 5.25. The van der Waals surface area contributed by atoms with Gasteiger partial charge in [0.05, 0.1) is 6.10 Å². The Hall–Kier alpha value is -0.300. The second-order valence-electron chi connectivity index (χ2n) is 6.94. The lowest BCUT2D eigenvalue weighted by Gasteiger charge is -2.71. The zero-order valence-corrected chi connectivity index (χ0v) is 10.7. The van der Waals surface area contributed by atoms with Crippen molar-refractivity contribution in [3.05, 3.63) is 12.2 Å². The summed E-state index contributed by atoms with van der Waals surface area (Å²) in [6, 6.07) is 0. The normalized spacial score (nSPS) is 55.1. The van der Waals surface area contributed by atoms with Gasteiger partial charge in [0.1, 0.15) is 0 Å². The molecule has 0 heterocycles. The number of fused-ring (bicyclic) bond motifs is 2. The summed E-state index contributed by atoms with van der Waals surface area (Å²) >= 11 is 0. The first kappa shape index (κ1) is 10.8. The predicted molar refractivity (Wildman–Crippen MR) is 65.9 cm³/mol. The van der Waals surface area contributed by atoms with Gasteiger partial charge in [0.15, 0.2) is 0 Å². The van der Waals surface area contributed by atoms with Gasteiger partial charge in [-0.15, -0.1) is 0 Å². The number of hydrogen-bond acceptors (Lipinski definition) is 1. The maximum atomic E-state index is 9.97. The zero-order chi connectivity index (χ0) is 11.7. The molecular formula is C15H24O. The van der Waals surface area contributed by atoms with E-state index < -0.39 is 0 Å². The van der Waals surface area contributed by atoms with Gasteiger partial charge in [0.25, 0.3) is 0 Å². The number of aliphatic hydroxyl groups excluding tert-OH is 1. The standard InChI is InChI=1S/C15H24O/c1-8(2)10-5-6-15(4)11-7-12(16)9(3)14(15)13(10)11/h8,10-14,16H,3,5-7H2,1-2,4H3/t10?,11?,12-,13?,14+,15+/m1/s1. The van der Waals surface area contributed by atoms with E-state index in [1.54, 1.807) is 0 Å². The van der Waals surface area contributed by atoms with Gasteiger partial charge < -0.3 is 5.11 Å². The second-order valence-corrected chi connectivity index (χ2v) is 6.94. The minimum atomic E-state index is -0.203. The van der Waals surface area contributed by atoms with Gasteiger partial charge in [0, 0.05) is 0 Å². The Morgan fingerprint density at radius 1 is 1.44 bits per heavy atom. The summed E-state index contributed by atoms with van der Waals surface area (Å²) in [5.41, 5.74) is 1.65. The first-order valence-electron chi connectivity index (χ1n) is 6.83. The fourth-order valence-corrected chi connectivity index (χ4v) is 5.25. The average molecular weight is 220 g/mol. The van der Waals surface area contributed by atoms with Crippen LogP contribution in [-0.4, -0.2) is 11.2 Å². The van der Waals surface area contributed by atoms with E-state index in [-0.39, 0.29) is 6.10 Å². The summed E-state index contributed by atoms with van der Waals surface area (Å²) in [5, 5.41) is 9.97. The van der Waals surface area contributed by atoms with Crippen LogP contribution in [0.5, 0.6) is 0 Å². The zero-order valence-electron chi connectivity index (χ0n) is 10.7. The molecule has 1 nitrogen and oxygen atoms in total. The Balaban J connectivity index is 1.93.